The van der Waals surface area contributed by atoms with Gasteiger partial charge in [-0.1, -0.05) is 0 Å². The third-order valence-electron chi connectivity index (χ3n) is 2.93. The lowest BCUT2D eigenvalue weighted by molar-refractivity contribution is -0.116. The van der Waals surface area contributed by atoms with E-state index < -0.39 is 0 Å². The molecule has 0 N–H and O–H groups in total. The molecule has 1 heterocycles. The highest BCUT2D eigenvalue weighted by Crippen LogP contribution is 2.23. The molecule has 2 rings (SSSR count). The Bertz CT molecular complexity index is 472. The van der Waals surface area contributed by atoms with Crippen molar-refractivity contribution in [2.75, 3.05) is 38.8 Å². The molecule has 0 radical (unpaired) electrons. The average molecular weight is 264 g/mol. The van der Waals surface area contributed by atoms with Crippen molar-refractivity contribution in [3.8, 4) is 5.75 Å². The van der Waals surface area contributed by atoms with Gasteiger partial charge in [0.05, 0.1) is 19.4 Å². The third kappa shape index (κ3) is 2.68. The summed E-state index contributed by atoms with van der Waals surface area (Å²) in [5.41, 5.74) is 0.552. The maximum Gasteiger partial charge on any atom is 0.331 e. The number of anilines is 1. The smallest absolute Gasteiger partial charge is 0.331 e. The van der Waals surface area contributed by atoms with E-state index in [0.29, 0.717) is 24.6 Å². The van der Waals surface area contributed by atoms with Crippen LogP contribution in [0.4, 0.5) is 10.5 Å². The highest BCUT2D eigenvalue weighted by atomic mass is 16.5. The highest BCUT2D eigenvalue weighted by molar-refractivity contribution is 6.19. The van der Waals surface area contributed by atoms with Crippen molar-refractivity contribution < 1.29 is 19.1 Å². The maximum absolute atomic E-state index is 12.1. The normalized spacial score (nSPS) is 15.3. The van der Waals surface area contributed by atoms with E-state index in [1.807, 2.05) is 0 Å². The number of amides is 3. The summed E-state index contributed by atoms with van der Waals surface area (Å²) in [6.07, 6.45) is 0. The molecular weight excluding hydrogens is 248 g/mol. The number of rotatable bonds is 5. The molecule has 0 saturated carbocycles. The van der Waals surface area contributed by atoms with E-state index in [-0.39, 0.29) is 18.5 Å². The maximum atomic E-state index is 12.1. The minimum Gasteiger partial charge on any atom is -0.497 e. The second-order valence-corrected chi connectivity index (χ2v) is 4.12. The van der Waals surface area contributed by atoms with E-state index in [9.17, 15) is 9.59 Å². The molecule has 1 fully saturated rings. The number of hydrogen-bond donors (Lipinski definition) is 0. The Hall–Kier alpha value is -2.08. The number of nitrogens with zero attached hydrogens (tertiary/aromatic N) is 2. The second-order valence-electron chi connectivity index (χ2n) is 4.12. The molecule has 1 aliphatic heterocycles. The summed E-state index contributed by atoms with van der Waals surface area (Å²) < 4.78 is 9.96. The molecule has 1 aliphatic rings. The van der Waals surface area contributed by atoms with Crippen LogP contribution in [0.3, 0.4) is 0 Å². The molecule has 0 aliphatic carbocycles. The lowest BCUT2D eigenvalue weighted by Crippen LogP contribution is -2.34. The number of benzene rings is 1. The Morgan fingerprint density at radius 1 is 1.16 bits per heavy atom. The quantitative estimate of drug-likeness (QED) is 0.747. The first-order valence-corrected chi connectivity index (χ1v) is 5.92. The number of methoxy groups -OCH3 is 2. The van der Waals surface area contributed by atoms with E-state index in [4.69, 9.17) is 9.47 Å². The monoisotopic (exact) mass is 264 g/mol. The number of carbonyl (C=O) groups is 2. The largest absolute Gasteiger partial charge is 0.497 e. The first kappa shape index (κ1) is 13.4. The van der Waals surface area contributed by atoms with Crippen molar-refractivity contribution in [1.82, 2.24) is 4.90 Å². The number of hydrogen-bond acceptors (Lipinski definition) is 4. The van der Waals surface area contributed by atoms with Gasteiger partial charge in [-0.15, -0.1) is 0 Å². The van der Waals surface area contributed by atoms with Crippen LogP contribution in [0.5, 0.6) is 5.75 Å². The Morgan fingerprint density at radius 3 is 2.42 bits per heavy atom. The van der Waals surface area contributed by atoms with Crippen LogP contribution in [-0.4, -0.2) is 50.8 Å². The molecule has 0 unspecified atom stereocenters. The zero-order valence-electron chi connectivity index (χ0n) is 11.0. The standard InChI is InChI=1S/C13H16N2O4/c1-18-8-7-14-9-12(16)15(13(14)17)10-3-5-11(19-2)6-4-10/h3-6H,7-9H2,1-2H3. The molecule has 1 aromatic rings. The van der Waals surface area contributed by atoms with Gasteiger partial charge in [-0.05, 0) is 24.3 Å². The van der Waals surface area contributed by atoms with E-state index in [1.54, 1.807) is 38.5 Å². The topological polar surface area (TPSA) is 59.1 Å². The van der Waals surface area contributed by atoms with Gasteiger partial charge in [0.1, 0.15) is 12.3 Å². The van der Waals surface area contributed by atoms with E-state index in [0.717, 1.165) is 0 Å². The van der Waals surface area contributed by atoms with Gasteiger partial charge in [0, 0.05) is 13.7 Å². The predicted octanol–water partition coefficient (Wildman–Crippen LogP) is 1.11. The first-order valence-electron chi connectivity index (χ1n) is 5.92. The summed E-state index contributed by atoms with van der Waals surface area (Å²) in [4.78, 5) is 26.7. The Morgan fingerprint density at radius 2 is 1.84 bits per heavy atom. The third-order valence-corrected chi connectivity index (χ3v) is 2.93. The van der Waals surface area contributed by atoms with Gasteiger partial charge in [0.2, 0.25) is 0 Å². The van der Waals surface area contributed by atoms with Crippen LogP contribution in [-0.2, 0) is 9.53 Å². The van der Waals surface area contributed by atoms with Gasteiger partial charge in [-0.3, -0.25) is 4.79 Å². The Labute approximate surface area is 111 Å². The van der Waals surface area contributed by atoms with Crippen molar-refractivity contribution in [2.24, 2.45) is 0 Å². The minimum atomic E-state index is -0.313. The summed E-state index contributed by atoms with van der Waals surface area (Å²) in [7, 11) is 3.12. The zero-order valence-corrected chi connectivity index (χ0v) is 11.0. The number of ether oxygens (including phenoxy) is 2. The molecule has 6 heteroatoms. The van der Waals surface area contributed by atoms with Crippen molar-refractivity contribution >= 4 is 17.6 Å². The molecule has 3 amide bonds. The fourth-order valence-electron chi connectivity index (χ4n) is 1.91. The summed E-state index contributed by atoms with van der Waals surface area (Å²) in [6, 6.07) is 6.50. The van der Waals surface area contributed by atoms with Gasteiger partial charge < -0.3 is 14.4 Å². The predicted molar refractivity (Wildman–Crippen MR) is 69.3 cm³/mol. The minimum absolute atomic E-state index is 0.0915. The average Bonchev–Trinajstić information content (AvgIpc) is 2.71. The van der Waals surface area contributed by atoms with Crippen LogP contribution in [0.2, 0.25) is 0 Å². The van der Waals surface area contributed by atoms with Gasteiger partial charge in [0.25, 0.3) is 5.91 Å². The van der Waals surface area contributed by atoms with Gasteiger partial charge in [0.15, 0.2) is 0 Å². The van der Waals surface area contributed by atoms with Gasteiger partial charge in [-0.2, -0.15) is 0 Å². The molecule has 0 spiro atoms. The zero-order chi connectivity index (χ0) is 13.8. The number of urea groups is 1. The van der Waals surface area contributed by atoms with Crippen LogP contribution in [0.25, 0.3) is 0 Å². The lowest BCUT2D eigenvalue weighted by atomic mass is 10.3. The van der Waals surface area contributed by atoms with Crippen molar-refractivity contribution in [3.63, 3.8) is 0 Å². The van der Waals surface area contributed by atoms with E-state index in [1.165, 1.54) is 9.80 Å². The molecule has 102 valence electrons. The molecule has 1 aromatic carbocycles. The fourth-order valence-corrected chi connectivity index (χ4v) is 1.91. The highest BCUT2D eigenvalue weighted by Gasteiger charge is 2.36. The van der Waals surface area contributed by atoms with Gasteiger partial charge in [-0.25, -0.2) is 9.69 Å². The van der Waals surface area contributed by atoms with Crippen LogP contribution >= 0.6 is 0 Å². The van der Waals surface area contributed by atoms with Gasteiger partial charge >= 0.3 is 6.03 Å². The SMILES string of the molecule is COCCN1CC(=O)N(c2ccc(OC)cc2)C1=O. The summed E-state index contributed by atoms with van der Waals surface area (Å²) in [6.45, 7) is 0.914. The second kappa shape index (κ2) is 5.71. The molecule has 6 nitrogen and oxygen atoms in total. The van der Waals surface area contributed by atoms with Crippen molar-refractivity contribution in [1.29, 1.82) is 0 Å². The van der Waals surface area contributed by atoms with Crippen LogP contribution in [0, 0.1) is 0 Å². The number of carbonyl (C=O) groups excluding carboxylic acids is 2. The lowest BCUT2D eigenvalue weighted by Gasteiger charge is -2.16. The number of imide groups is 1. The first-order chi connectivity index (χ1) is 9.17. The molecule has 1 saturated heterocycles. The van der Waals surface area contributed by atoms with E-state index in [2.05, 4.69) is 0 Å². The molecular formula is C13H16N2O4. The Kier molecular flexibility index (Phi) is 4.01. The summed E-state index contributed by atoms with van der Waals surface area (Å²) in [5.74, 6) is 0.449. The van der Waals surface area contributed by atoms with E-state index >= 15 is 0 Å². The van der Waals surface area contributed by atoms with Crippen molar-refractivity contribution in [2.45, 2.75) is 0 Å². The molecule has 0 atom stereocenters. The Balaban J connectivity index is 2.14. The molecule has 19 heavy (non-hydrogen) atoms. The molecule has 0 bridgehead atoms. The summed E-state index contributed by atoms with van der Waals surface area (Å²) >= 11 is 0. The van der Waals surface area contributed by atoms with Crippen molar-refractivity contribution in [3.05, 3.63) is 24.3 Å². The summed E-state index contributed by atoms with van der Waals surface area (Å²) in [5, 5.41) is 0. The molecule has 0 aromatic heterocycles. The van der Waals surface area contributed by atoms with Crippen LogP contribution in [0.1, 0.15) is 0 Å². The fraction of sp³-hybridized carbons (Fsp3) is 0.385. The van der Waals surface area contributed by atoms with Crippen LogP contribution in [0.15, 0.2) is 24.3 Å². The van der Waals surface area contributed by atoms with Crippen LogP contribution < -0.4 is 9.64 Å².